The molecule has 1 heterocycles. The molecule has 0 spiro atoms. The summed E-state index contributed by atoms with van der Waals surface area (Å²) in [5.41, 5.74) is 0.831. The van der Waals surface area contributed by atoms with Crippen LogP contribution in [-0.4, -0.2) is 31.6 Å². The Morgan fingerprint density at radius 1 is 1.22 bits per heavy atom. The molecule has 0 fully saturated rings. The zero-order valence-electron chi connectivity index (χ0n) is 15.7. The molecule has 0 aliphatic carbocycles. The van der Waals surface area contributed by atoms with Crippen LogP contribution in [0.25, 0.3) is 0 Å². The van der Waals surface area contributed by atoms with E-state index in [1.54, 1.807) is 26.2 Å². The van der Waals surface area contributed by atoms with Gasteiger partial charge in [0.1, 0.15) is 5.75 Å². The molecule has 1 aromatic heterocycles. The van der Waals surface area contributed by atoms with Crippen LogP contribution < -0.4 is 14.8 Å². The maximum Gasteiger partial charge on any atom is 0.270 e. The number of anilines is 1. The van der Waals surface area contributed by atoms with Crippen molar-refractivity contribution < 1.29 is 17.9 Å². The molecule has 2 aromatic rings. The number of benzene rings is 1. The molecule has 27 heavy (non-hydrogen) atoms. The number of hydrogen-bond acceptors (Lipinski definition) is 7. The first kappa shape index (κ1) is 21.3. The number of carbonyl (C=O) groups is 1. The molecule has 0 saturated heterocycles. The molecule has 1 amide bonds. The van der Waals surface area contributed by atoms with Crippen molar-refractivity contribution in [2.75, 3.05) is 12.4 Å². The van der Waals surface area contributed by atoms with Crippen LogP contribution in [0.5, 0.6) is 5.75 Å². The summed E-state index contributed by atoms with van der Waals surface area (Å²) in [5, 5.41) is 10.1. The fourth-order valence-corrected chi connectivity index (χ4v) is 4.54. The Morgan fingerprint density at radius 2 is 1.89 bits per heavy atom. The molecule has 2 rings (SSSR count). The van der Waals surface area contributed by atoms with Crippen LogP contribution in [0.15, 0.2) is 28.6 Å². The van der Waals surface area contributed by atoms with Gasteiger partial charge in [-0.05, 0) is 30.0 Å². The number of hydrogen-bond donors (Lipinski definition) is 2. The summed E-state index contributed by atoms with van der Waals surface area (Å²) in [4.78, 5) is 11.4. The van der Waals surface area contributed by atoms with E-state index in [-0.39, 0.29) is 27.7 Å². The van der Waals surface area contributed by atoms with Gasteiger partial charge >= 0.3 is 0 Å². The number of carbonyl (C=O) groups excluding carboxylic acids is 1. The van der Waals surface area contributed by atoms with Gasteiger partial charge in [-0.25, -0.2) is 13.1 Å². The first-order valence-electron chi connectivity index (χ1n) is 8.54. The van der Waals surface area contributed by atoms with E-state index in [2.05, 4.69) is 20.2 Å². The highest BCUT2D eigenvalue weighted by molar-refractivity contribution is 7.91. The number of amides is 1. The Balaban J connectivity index is 2.23. The van der Waals surface area contributed by atoms with E-state index >= 15 is 0 Å². The van der Waals surface area contributed by atoms with Gasteiger partial charge in [0.05, 0.1) is 7.11 Å². The number of nitrogens with zero attached hydrogens (tertiary/aromatic N) is 2. The summed E-state index contributed by atoms with van der Waals surface area (Å²) >= 11 is 0.821. The topological polar surface area (TPSA) is 110 Å². The highest BCUT2D eigenvalue weighted by atomic mass is 32.2. The lowest BCUT2D eigenvalue weighted by Crippen LogP contribution is -2.29. The second kappa shape index (κ2) is 9.25. The number of methoxy groups -OCH3 is 1. The Kier molecular flexibility index (Phi) is 7.28. The number of nitrogens with one attached hydrogen (secondary N) is 2. The molecule has 0 bridgehead atoms. The second-order valence-corrected chi connectivity index (χ2v) is 9.22. The van der Waals surface area contributed by atoms with Gasteiger partial charge in [-0.2, -0.15) is 0 Å². The molecular formula is C17H24N4O4S2. The van der Waals surface area contributed by atoms with Crippen LogP contribution in [0.2, 0.25) is 0 Å². The first-order chi connectivity index (χ1) is 12.7. The summed E-state index contributed by atoms with van der Waals surface area (Å²) in [6, 6.07) is 6.84. The number of ether oxygens (including phenoxy) is 1. The largest absolute Gasteiger partial charge is 0.497 e. The summed E-state index contributed by atoms with van der Waals surface area (Å²) in [6.07, 6.45) is 0.887. The molecule has 0 radical (unpaired) electrons. The standard InChI is InChI=1S/C17H24N4O4S2/c1-5-15(22)18-16-19-20-17(26-16)27(23,24)21-14(10-11(2)3)12-6-8-13(25-4)9-7-12/h6-9,11,14,21H,5,10H2,1-4H3,(H,18,19,22)/t14-/m1/s1. The van der Waals surface area contributed by atoms with Crippen LogP contribution in [0.1, 0.15) is 45.2 Å². The molecule has 1 aromatic carbocycles. The van der Waals surface area contributed by atoms with Gasteiger partial charge in [0, 0.05) is 12.5 Å². The third kappa shape index (κ3) is 5.98. The molecule has 148 valence electrons. The third-order valence-corrected chi connectivity index (χ3v) is 6.40. The minimum atomic E-state index is -3.88. The van der Waals surface area contributed by atoms with E-state index in [0.717, 1.165) is 16.9 Å². The highest BCUT2D eigenvalue weighted by Gasteiger charge is 2.26. The van der Waals surface area contributed by atoms with E-state index in [9.17, 15) is 13.2 Å². The zero-order chi connectivity index (χ0) is 20.0. The Bertz CT molecular complexity index is 863. The van der Waals surface area contributed by atoms with Crippen LogP contribution in [0.3, 0.4) is 0 Å². The van der Waals surface area contributed by atoms with Crippen LogP contribution >= 0.6 is 11.3 Å². The smallest absolute Gasteiger partial charge is 0.270 e. The average Bonchev–Trinajstić information content (AvgIpc) is 3.10. The van der Waals surface area contributed by atoms with E-state index in [0.29, 0.717) is 12.2 Å². The lowest BCUT2D eigenvalue weighted by molar-refractivity contribution is -0.115. The monoisotopic (exact) mass is 412 g/mol. The van der Waals surface area contributed by atoms with Crippen molar-refractivity contribution >= 4 is 32.4 Å². The van der Waals surface area contributed by atoms with E-state index in [1.165, 1.54) is 0 Å². The molecular weight excluding hydrogens is 388 g/mol. The van der Waals surface area contributed by atoms with Crippen LogP contribution in [0, 0.1) is 5.92 Å². The van der Waals surface area contributed by atoms with E-state index in [1.807, 2.05) is 26.0 Å². The third-order valence-electron chi connectivity index (χ3n) is 3.73. The second-order valence-electron chi connectivity index (χ2n) is 6.35. The minimum absolute atomic E-state index is 0.159. The molecule has 10 heteroatoms. The van der Waals surface area contributed by atoms with Gasteiger partial charge in [-0.1, -0.05) is 44.2 Å². The van der Waals surface area contributed by atoms with Gasteiger partial charge in [0.2, 0.25) is 15.4 Å². The highest BCUT2D eigenvalue weighted by Crippen LogP contribution is 2.27. The first-order valence-corrected chi connectivity index (χ1v) is 10.8. The van der Waals surface area contributed by atoms with Crippen LogP contribution in [0.4, 0.5) is 5.13 Å². The van der Waals surface area contributed by atoms with Crippen molar-refractivity contribution in [3.8, 4) is 5.75 Å². The predicted octanol–water partition coefficient (Wildman–Crippen LogP) is 2.96. The zero-order valence-corrected chi connectivity index (χ0v) is 17.4. The summed E-state index contributed by atoms with van der Waals surface area (Å²) < 4.78 is 33.2. The van der Waals surface area contributed by atoms with Gasteiger partial charge in [-0.15, -0.1) is 10.2 Å². The molecule has 0 unspecified atom stereocenters. The minimum Gasteiger partial charge on any atom is -0.497 e. The Morgan fingerprint density at radius 3 is 2.44 bits per heavy atom. The van der Waals surface area contributed by atoms with E-state index in [4.69, 9.17) is 4.74 Å². The molecule has 1 atom stereocenters. The van der Waals surface area contributed by atoms with Crippen LogP contribution in [-0.2, 0) is 14.8 Å². The van der Waals surface area contributed by atoms with Crippen molar-refractivity contribution in [2.45, 2.75) is 44.0 Å². The molecule has 2 N–H and O–H groups in total. The summed E-state index contributed by atoms with van der Waals surface area (Å²) in [6.45, 7) is 5.74. The Labute approximate surface area is 163 Å². The van der Waals surface area contributed by atoms with Gasteiger partial charge < -0.3 is 10.1 Å². The maximum absolute atomic E-state index is 12.7. The quantitative estimate of drug-likeness (QED) is 0.613. The van der Waals surface area contributed by atoms with Gasteiger partial charge in [-0.3, -0.25) is 4.79 Å². The van der Waals surface area contributed by atoms with Crippen molar-refractivity contribution in [3.05, 3.63) is 29.8 Å². The van der Waals surface area contributed by atoms with E-state index < -0.39 is 16.1 Å². The fraction of sp³-hybridized carbons (Fsp3) is 0.471. The van der Waals surface area contributed by atoms with Crippen molar-refractivity contribution in [1.82, 2.24) is 14.9 Å². The number of sulfonamides is 1. The Hall–Kier alpha value is -2.04. The molecule has 0 aliphatic rings. The molecule has 8 nitrogen and oxygen atoms in total. The number of aromatic nitrogens is 2. The normalized spacial score (nSPS) is 12.8. The predicted molar refractivity (Wildman–Crippen MR) is 104 cm³/mol. The molecule has 0 aliphatic heterocycles. The van der Waals surface area contributed by atoms with Crippen molar-refractivity contribution in [2.24, 2.45) is 5.92 Å². The number of rotatable bonds is 9. The fourth-order valence-electron chi connectivity index (χ4n) is 2.37. The van der Waals surface area contributed by atoms with Crippen molar-refractivity contribution in [1.29, 1.82) is 0 Å². The lowest BCUT2D eigenvalue weighted by atomic mass is 9.98. The molecule has 0 saturated carbocycles. The summed E-state index contributed by atoms with van der Waals surface area (Å²) in [7, 11) is -2.30. The SMILES string of the molecule is CCC(=O)Nc1nnc(S(=O)(=O)N[C@H](CC(C)C)c2ccc(OC)cc2)s1. The van der Waals surface area contributed by atoms with Gasteiger partial charge in [0.25, 0.3) is 10.0 Å². The summed E-state index contributed by atoms with van der Waals surface area (Å²) in [5.74, 6) is 0.720. The lowest BCUT2D eigenvalue weighted by Gasteiger charge is -2.20. The maximum atomic E-state index is 12.7. The average molecular weight is 413 g/mol. The van der Waals surface area contributed by atoms with Crippen molar-refractivity contribution in [3.63, 3.8) is 0 Å². The van der Waals surface area contributed by atoms with Gasteiger partial charge in [0.15, 0.2) is 0 Å².